The maximum Gasteiger partial charge on any atom is 0.269 e. The highest BCUT2D eigenvalue weighted by Crippen LogP contribution is 2.18. The van der Waals surface area contributed by atoms with E-state index in [0.29, 0.717) is 17.1 Å². The van der Waals surface area contributed by atoms with Crippen molar-refractivity contribution in [1.29, 1.82) is 0 Å². The summed E-state index contributed by atoms with van der Waals surface area (Å²) in [4.78, 5) is 41.0. The van der Waals surface area contributed by atoms with Gasteiger partial charge in [-0.25, -0.2) is 4.98 Å². The van der Waals surface area contributed by atoms with E-state index in [4.69, 9.17) is 4.52 Å². The van der Waals surface area contributed by atoms with Crippen LogP contribution >= 0.6 is 11.8 Å². The van der Waals surface area contributed by atoms with Crippen molar-refractivity contribution in [2.45, 2.75) is 39.5 Å². The number of aromatic nitrogens is 3. The Balaban J connectivity index is 1.47. The summed E-state index contributed by atoms with van der Waals surface area (Å²) in [5.74, 6) is 0.591. The van der Waals surface area contributed by atoms with Gasteiger partial charge in [-0.2, -0.15) is 0 Å². The van der Waals surface area contributed by atoms with E-state index in [2.05, 4.69) is 30.9 Å². The number of thioether (sulfide) groups is 1. The molecule has 1 atom stereocenters. The van der Waals surface area contributed by atoms with Gasteiger partial charge in [0.2, 0.25) is 11.8 Å². The van der Waals surface area contributed by atoms with Crippen LogP contribution in [0.3, 0.4) is 0 Å². The first-order valence-electron chi connectivity index (χ1n) is 9.70. The van der Waals surface area contributed by atoms with Crippen LogP contribution in [0.1, 0.15) is 35.8 Å². The van der Waals surface area contributed by atoms with Crippen LogP contribution in [0.2, 0.25) is 0 Å². The summed E-state index contributed by atoms with van der Waals surface area (Å²) >= 11 is 1.13. The van der Waals surface area contributed by atoms with Crippen molar-refractivity contribution < 1.29 is 18.9 Å². The SMILES string of the molecule is CCn1c(C)nc2cc(C(=O)NNC(=O)CS[C@@H](C)C(=O)Nc3cc(C)on3)ccc21. The van der Waals surface area contributed by atoms with Crippen molar-refractivity contribution in [3.63, 3.8) is 0 Å². The van der Waals surface area contributed by atoms with Crippen LogP contribution in [0.5, 0.6) is 0 Å². The third kappa shape index (κ3) is 5.43. The molecule has 31 heavy (non-hydrogen) atoms. The average Bonchev–Trinajstić information content (AvgIpc) is 3.30. The van der Waals surface area contributed by atoms with E-state index in [1.54, 1.807) is 32.0 Å². The maximum atomic E-state index is 12.4. The zero-order chi connectivity index (χ0) is 22.5. The molecule has 2 heterocycles. The molecule has 164 valence electrons. The molecule has 10 nitrogen and oxygen atoms in total. The number of nitrogens with zero attached hydrogens (tertiary/aromatic N) is 3. The third-order valence-corrected chi connectivity index (χ3v) is 5.69. The fraction of sp³-hybridized carbons (Fsp3) is 0.350. The lowest BCUT2D eigenvalue weighted by atomic mass is 10.2. The highest BCUT2D eigenvalue weighted by Gasteiger charge is 2.17. The van der Waals surface area contributed by atoms with Crippen molar-refractivity contribution in [1.82, 2.24) is 25.6 Å². The zero-order valence-electron chi connectivity index (χ0n) is 17.7. The number of rotatable bonds is 7. The van der Waals surface area contributed by atoms with E-state index in [1.165, 1.54) is 0 Å². The molecule has 3 amide bonds. The molecule has 0 fully saturated rings. The van der Waals surface area contributed by atoms with Crippen LogP contribution in [0.25, 0.3) is 11.0 Å². The number of hydrazine groups is 1. The fourth-order valence-electron chi connectivity index (χ4n) is 2.95. The van der Waals surface area contributed by atoms with Crippen molar-refractivity contribution in [2.24, 2.45) is 0 Å². The summed E-state index contributed by atoms with van der Waals surface area (Å²) < 4.78 is 6.94. The minimum absolute atomic E-state index is 0.00809. The van der Waals surface area contributed by atoms with Gasteiger partial charge in [0.05, 0.1) is 22.0 Å². The number of benzene rings is 1. The monoisotopic (exact) mass is 444 g/mol. The van der Waals surface area contributed by atoms with E-state index < -0.39 is 17.1 Å². The van der Waals surface area contributed by atoms with Crippen LogP contribution in [-0.2, 0) is 16.1 Å². The molecule has 0 aliphatic heterocycles. The molecule has 2 aromatic heterocycles. The minimum Gasteiger partial charge on any atom is -0.360 e. The summed E-state index contributed by atoms with van der Waals surface area (Å²) in [7, 11) is 0. The van der Waals surface area contributed by atoms with Gasteiger partial charge in [0.1, 0.15) is 11.6 Å². The molecular formula is C20H24N6O4S. The third-order valence-electron chi connectivity index (χ3n) is 4.55. The normalized spacial score (nSPS) is 11.9. The summed E-state index contributed by atoms with van der Waals surface area (Å²) in [5, 5.41) is 5.80. The fourth-order valence-corrected chi connectivity index (χ4v) is 3.64. The minimum atomic E-state index is -0.502. The first-order valence-corrected chi connectivity index (χ1v) is 10.7. The summed E-state index contributed by atoms with van der Waals surface area (Å²) in [5.41, 5.74) is 6.80. The van der Waals surface area contributed by atoms with Crippen LogP contribution in [0.15, 0.2) is 28.8 Å². The number of hydrogen-bond donors (Lipinski definition) is 3. The molecule has 0 aliphatic carbocycles. The zero-order valence-corrected chi connectivity index (χ0v) is 18.5. The Labute approximate surface area is 183 Å². The number of anilines is 1. The Morgan fingerprint density at radius 3 is 2.65 bits per heavy atom. The summed E-state index contributed by atoms with van der Waals surface area (Å²) in [6.07, 6.45) is 0. The largest absolute Gasteiger partial charge is 0.360 e. The molecule has 1 aromatic carbocycles. The van der Waals surface area contributed by atoms with Crippen molar-refractivity contribution in [3.05, 3.63) is 41.4 Å². The Morgan fingerprint density at radius 2 is 1.97 bits per heavy atom. The van der Waals surface area contributed by atoms with Gasteiger partial charge in [0.15, 0.2) is 5.82 Å². The van der Waals surface area contributed by atoms with Crippen LogP contribution in [0.4, 0.5) is 5.82 Å². The molecule has 3 rings (SSSR count). The van der Waals surface area contributed by atoms with Gasteiger partial charge >= 0.3 is 0 Å². The van der Waals surface area contributed by atoms with Crippen LogP contribution in [0, 0.1) is 13.8 Å². The van der Waals surface area contributed by atoms with Gasteiger partial charge in [-0.3, -0.25) is 25.2 Å². The molecule has 0 saturated carbocycles. The number of carbonyl (C=O) groups is 3. The lowest BCUT2D eigenvalue weighted by molar-refractivity contribution is -0.119. The standard InChI is InChI=1S/C20H24N6O4S/c1-5-26-13(4)21-15-9-14(6-7-16(15)26)20(29)24-23-18(27)10-31-12(3)19(28)22-17-8-11(2)30-25-17/h6-9,12H,5,10H2,1-4H3,(H,23,27)(H,24,29)(H,22,25,28)/t12-/m0/s1. The second-order valence-corrected chi connectivity index (χ2v) is 8.20. The number of hydrogen-bond acceptors (Lipinski definition) is 7. The first-order chi connectivity index (χ1) is 14.8. The van der Waals surface area contributed by atoms with Gasteiger partial charge < -0.3 is 14.4 Å². The Morgan fingerprint density at radius 1 is 1.19 bits per heavy atom. The van der Waals surface area contributed by atoms with Crippen molar-refractivity contribution >= 4 is 46.3 Å². The topological polar surface area (TPSA) is 131 Å². The Kier molecular flexibility index (Phi) is 6.95. The van der Waals surface area contributed by atoms with Gasteiger partial charge in [0, 0.05) is 18.2 Å². The Bertz CT molecular complexity index is 1120. The Hall–Kier alpha value is -3.34. The second-order valence-electron chi connectivity index (χ2n) is 6.87. The molecule has 0 radical (unpaired) electrons. The molecule has 3 aromatic rings. The number of carbonyl (C=O) groups excluding carboxylic acids is 3. The molecule has 3 N–H and O–H groups in total. The molecule has 0 aliphatic rings. The highest BCUT2D eigenvalue weighted by atomic mass is 32.2. The van der Waals surface area contributed by atoms with Gasteiger partial charge in [0.25, 0.3) is 5.91 Å². The summed E-state index contributed by atoms with van der Waals surface area (Å²) in [6.45, 7) is 8.12. The molecular weight excluding hydrogens is 420 g/mol. The predicted molar refractivity (Wildman–Crippen MR) is 118 cm³/mol. The molecule has 11 heteroatoms. The smallest absolute Gasteiger partial charge is 0.269 e. The average molecular weight is 445 g/mol. The van der Waals surface area contributed by atoms with Crippen LogP contribution in [-0.4, -0.2) is 43.4 Å². The van der Waals surface area contributed by atoms with Gasteiger partial charge in [-0.15, -0.1) is 11.8 Å². The highest BCUT2D eigenvalue weighted by molar-refractivity contribution is 8.01. The molecule has 0 unspecified atom stereocenters. The maximum absolute atomic E-state index is 12.4. The van der Waals surface area contributed by atoms with Gasteiger partial charge in [-0.1, -0.05) is 5.16 Å². The number of amides is 3. The molecule has 0 bridgehead atoms. The number of imidazole rings is 1. The van der Waals surface area contributed by atoms with E-state index in [0.717, 1.165) is 35.2 Å². The summed E-state index contributed by atoms with van der Waals surface area (Å²) in [6, 6.07) is 6.80. The number of aryl methyl sites for hydroxylation is 3. The van der Waals surface area contributed by atoms with Gasteiger partial charge in [-0.05, 0) is 45.9 Å². The lowest BCUT2D eigenvalue weighted by Crippen LogP contribution is -2.42. The van der Waals surface area contributed by atoms with Crippen molar-refractivity contribution in [3.8, 4) is 0 Å². The number of fused-ring (bicyclic) bond motifs is 1. The first kappa shape index (κ1) is 22.3. The predicted octanol–water partition coefficient (Wildman–Crippen LogP) is 2.18. The van der Waals surface area contributed by atoms with E-state index in [1.807, 2.05) is 19.9 Å². The van der Waals surface area contributed by atoms with Crippen LogP contribution < -0.4 is 16.2 Å². The van der Waals surface area contributed by atoms with E-state index in [9.17, 15) is 14.4 Å². The molecule has 0 spiro atoms. The molecule has 0 saturated heterocycles. The lowest BCUT2D eigenvalue weighted by Gasteiger charge is -2.11. The number of nitrogens with one attached hydrogen (secondary N) is 3. The van der Waals surface area contributed by atoms with E-state index >= 15 is 0 Å². The second kappa shape index (κ2) is 9.65. The van der Waals surface area contributed by atoms with E-state index in [-0.39, 0.29) is 11.7 Å². The quantitative estimate of drug-likeness (QED) is 0.476. The van der Waals surface area contributed by atoms with Crippen molar-refractivity contribution in [2.75, 3.05) is 11.1 Å².